The molecule has 1 N–H and O–H groups in total. The van der Waals surface area contributed by atoms with Gasteiger partial charge in [0, 0.05) is 19.8 Å². The van der Waals surface area contributed by atoms with Gasteiger partial charge in [0.15, 0.2) is 0 Å². The smallest absolute Gasteiger partial charge is 0.128 e. The zero-order valence-corrected chi connectivity index (χ0v) is 9.53. The summed E-state index contributed by atoms with van der Waals surface area (Å²) in [6, 6.07) is 4.18. The van der Waals surface area contributed by atoms with Crippen LogP contribution in [0.15, 0.2) is 18.3 Å². The summed E-state index contributed by atoms with van der Waals surface area (Å²) in [5, 5.41) is 3.39. The molecular weight excluding hydrogens is 186 g/mol. The highest BCUT2D eigenvalue weighted by Gasteiger charge is 2.16. The van der Waals surface area contributed by atoms with Crippen LogP contribution in [-0.4, -0.2) is 31.7 Å². The van der Waals surface area contributed by atoms with Crippen molar-refractivity contribution in [3.05, 3.63) is 23.9 Å². The Bertz CT molecular complexity index is 318. The molecule has 0 bridgehead atoms. The van der Waals surface area contributed by atoms with Gasteiger partial charge in [-0.2, -0.15) is 0 Å². The van der Waals surface area contributed by atoms with E-state index < -0.39 is 0 Å². The van der Waals surface area contributed by atoms with Gasteiger partial charge in [-0.15, -0.1) is 0 Å². The van der Waals surface area contributed by atoms with E-state index in [4.69, 9.17) is 0 Å². The van der Waals surface area contributed by atoms with Crippen molar-refractivity contribution in [3.8, 4) is 0 Å². The summed E-state index contributed by atoms with van der Waals surface area (Å²) < 4.78 is 0. The molecule has 1 atom stereocenters. The Morgan fingerprint density at radius 3 is 3.13 bits per heavy atom. The van der Waals surface area contributed by atoms with Crippen molar-refractivity contribution in [2.45, 2.75) is 13.3 Å². The number of aromatic nitrogens is 1. The SMILES string of the molecule is Cc1ccnc(N(C)C[C@@H]2CCNC2)c1. The molecule has 2 rings (SSSR count). The standard InChI is InChI=1S/C12H19N3/c1-10-3-6-14-12(7-10)15(2)9-11-4-5-13-8-11/h3,6-7,11,13H,4-5,8-9H2,1-2H3/t11-/m1/s1. The second kappa shape index (κ2) is 4.62. The van der Waals surface area contributed by atoms with Gasteiger partial charge in [-0.1, -0.05) is 0 Å². The van der Waals surface area contributed by atoms with Crippen LogP contribution in [0.4, 0.5) is 5.82 Å². The predicted octanol–water partition coefficient (Wildman–Crippen LogP) is 1.44. The Kier molecular flexibility index (Phi) is 3.21. The maximum atomic E-state index is 4.39. The molecule has 0 aromatic carbocycles. The summed E-state index contributed by atoms with van der Waals surface area (Å²) in [4.78, 5) is 6.64. The number of pyridine rings is 1. The molecule has 1 fully saturated rings. The van der Waals surface area contributed by atoms with E-state index in [0.29, 0.717) is 0 Å². The third-order valence-corrected chi connectivity index (χ3v) is 2.99. The fourth-order valence-electron chi connectivity index (χ4n) is 2.08. The first kappa shape index (κ1) is 10.4. The zero-order valence-electron chi connectivity index (χ0n) is 9.53. The van der Waals surface area contributed by atoms with Crippen molar-refractivity contribution in [2.24, 2.45) is 5.92 Å². The van der Waals surface area contributed by atoms with E-state index in [9.17, 15) is 0 Å². The minimum Gasteiger partial charge on any atom is -0.359 e. The fraction of sp³-hybridized carbons (Fsp3) is 0.583. The summed E-state index contributed by atoms with van der Waals surface area (Å²) >= 11 is 0. The zero-order chi connectivity index (χ0) is 10.7. The molecule has 1 aliphatic heterocycles. The Balaban J connectivity index is 1.97. The Morgan fingerprint density at radius 1 is 1.60 bits per heavy atom. The normalized spacial score (nSPS) is 20.5. The highest BCUT2D eigenvalue weighted by Crippen LogP contribution is 2.15. The number of rotatable bonds is 3. The van der Waals surface area contributed by atoms with Crippen LogP contribution in [0.2, 0.25) is 0 Å². The number of nitrogens with one attached hydrogen (secondary N) is 1. The first-order chi connectivity index (χ1) is 7.25. The van der Waals surface area contributed by atoms with Crippen LogP contribution in [0.25, 0.3) is 0 Å². The Hall–Kier alpha value is -1.09. The lowest BCUT2D eigenvalue weighted by atomic mass is 10.1. The number of anilines is 1. The molecule has 82 valence electrons. The van der Waals surface area contributed by atoms with Crippen LogP contribution in [0.3, 0.4) is 0 Å². The van der Waals surface area contributed by atoms with Crippen LogP contribution < -0.4 is 10.2 Å². The summed E-state index contributed by atoms with van der Waals surface area (Å²) in [6.45, 7) is 5.52. The van der Waals surface area contributed by atoms with Gasteiger partial charge in [0.2, 0.25) is 0 Å². The summed E-state index contributed by atoms with van der Waals surface area (Å²) in [5.74, 6) is 1.86. The van der Waals surface area contributed by atoms with Crippen LogP contribution in [-0.2, 0) is 0 Å². The van der Waals surface area contributed by atoms with E-state index >= 15 is 0 Å². The van der Waals surface area contributed by atoms with Gasteiger partial charge >= 0.3 is 0 Å². The van der Waals surface area contributed by atoms with E-state index in [-0.39, 0.29) is 0 Å². The molecule has 2 heterocycles. The first-order valence-electron chi connectivity index (χ1n) is 5.60. The monoisotopic (exact) mass is 205 g/mol. The summed E-state index contributed by atoms with van der Waals surface area (Å²) in [6.07, 6.45) is 3.17. The molecule has 3 heteroatoms. The first-order valence-corrected chi connectivity index (χ1v) is 5.60. The lowest BCUT2D eigenvalue weighted by Crippen LogP contribution is -2.27. The van der Waals surface area contributed by atoms with Gasteiger partial charge in [0.1, 0.15) is 5.82 Å². The average molecular weight is 205 g/mol. The number of hydrogen-bond acceptors (Lipinski definition) is 3. The number of hydrogen-bond donors (Lipinski definition) is 1. The van der Waals surface area contributed by atoms with Crippen molar-refractivity contribution < 1.29 is 0 Å². The highest BCUT2D eigenvalue weighted by molar-refractivity contribution is 5.39. The van der Waals surface area contributed by atoms with Gasteiger partial charge in [-0.25, -0.2) is 4.98 Å². The lowest BCUT2D eigenvalue weighted by Gasteiger charge is -2.21. The maximum Gasteiger partial charge on any atom is 0.128 e. The topological polar surface area (TPSA) is 28.2 Å². The molecule has 0 unspecified atom stereocenters. The van der Waals surface area contributed by atoms with Gasteiger partial charge < -0.3 is 10.2 Å². The molecule has 0 spiro atoms. The van der Waals surface area contributed by atoms with Crippen molar-refractivity contribution in [1.29, 1.82) is 0 Å². The minimum atomic E-state index is 0.775. The highest BCUT2D eigenvalue weighted by atomic mass is 15.2. The van der Waals surface area contributed by atoms with Crippen molar-refractivity contribution >= 4 is 5.82 Å². The van der Waals surface area contributed by atoms with Crippen LogP contribution in [0.1, 0.15) is 12.0 Å². The van der Waals surface area contributed by atoms with Gasteiger partial charge in [0.05, 0.1) is 0 Å². The fourth-order valence-corrected chi connectivity index (χ4v) is 2.08. The molecule has 3 nitrogen and oxygen atoms in total. The summed E-state index contributed by atoms with van der Waals surface area (Å²) in [5.41, 5.74) is 1.27. The molecule has 0 saturated carbocycles. The molecule has 1 aliphatic rings. The molecular formula is C12H19N3. The molecule has 1 aromatic rings. The number of aryl methyl sites for hydroxylation is 1. The quantitative estimate of drug-likeness (QED) is 0.809. The average Bonchev–Trinajstić information content (AvgIpc) is 2.70. The van der Waals surface area contributed by atoms with E-state index in [1.54, 1.807) is 0 Å². The third-order valence-electron chi connectivity index (χ3n) is 2.99. The van der Waals surface area contributed by atoms with Crippen molar-refractivity contribution in [3.63, 3.8) is 0 Å². The molecule has 0 radical (unpaired) electrons. The largest absolute Gasteiger partial charge is 0.359 e. The lowest BCUT2D eigenvalue weighted by molar-refractivity contribution is 0.576. The predicted molar refractivity (Wildman–Crippen MR) is 63.2 cm³/mol. The maximum absolute atomic E-state index is 4.39. The Morgan fingerprint density at radius 2 is 2.47 bits per heavy atom. The van der Waals surface area contributed by atoms with E-state index in [1.807, 2.05) is 12.3 Å². The minimum absolute atomic E-state index is 0.775. The van der Waals surface area contributed by atoms with E-state index in [1.165, 1.54) is 18.5 Å². The molecule has 1 saturated heterocycles. The van der Waals surface area contributed by atoms with E-state index in [2.05, 4.69) is 35.2 Å². The van der Waals surface area contributed by atoms with Crippen LogP contribution >= 0.6 is 0 Å². The van der Waals surface area contributed by atoms with Crippen LogP contribution in [0.5, 0.6) is 0 Å². The Labute approximate surface area is 91.5 Å². The van der Waals surface area contributed by atoms with Gasteiger partial charge in [-0.3, -0.25) is 0 Å². The molecule has 0 aliphatic carbocycles. The summed E-state index contributed by atoms with van der Waals surface area (Å²) in [7, 11) is 2.13. The van der Waals surface area contributed by atoms with Crippen molar-refractivity contribution in [2.75, 3.05) is 31.6 Å². The van der Waals surface area contributed by atoms with Crippen molar-refractivity contribution in [1.82, 2.24) is 10.3 Å². The molecule has 15 heavy (non-hydrogen) atoms. The number of nitrogens with zero attached hydrogens (tertiary/aromatic N) is 2. The molecule has 0 amide bonds. The second-order valence-corrected chi connectivity index (χ2v) is 4.43. The van der Waals surface area contributed by atoms with E-state index in [0.717, 1.165) is 24.8 Å². The molecule has 1 aromatic heterocycles. The van der Waals surface area contributed by atoms with Crippen LogP contribution in [0, 0.1) is 12.8 Å². The van der Waals surface area contributed by atoms with Gasteiger partial charge in [-0.05, 0) is 50.0 Å². The third kappa shape index (κ3) is 2.69. The van der Waals surface area contributed by atoms with Gasteiger partial charge in [0.25, 0.3) is 0 Å². The second-order valence-electron chi connectivity index (χ2n) is 4.43.